The second kappa shape index (κ2) is 7.53. The SMILES string of the molecule is CCOc1ccccc1OCC[NH+]1C[C@H](C)C[C@@H](C)C1. The van der Waals surface area contributed by atoms with Crippen molar-refractivity contribution in [1.29, 1.82) is 0 Å². The quantitative estimate of drug-likeness (QED) is 0.860. The van der Waals surface area contributed by atoms with Crippen LogP contribution in [0, 0.1) is 11.8 Å². The van der Waals surface area contributed by atoms with E-state index in [0.29, 0.717) is 6.61 Å². The third-order valence-electron chi connectivity index (χ3n) is 3.94. The molecule has 0 spiro atoms. The monoisotopic (exact) mass is 278 g/mol. The van der Waals surface area contributed by atoms with Crippen LogP contribution in [0.25, 0.3) is 0 Å². The second-order valence-electron chi connectivity index (χ2n) is 6.08. The predicted molar refractivity (Wildman–Crippen MR) is 81.6 cm³/mol. The minimum absolute atomic E-state index is 0.673. The van der Waals surface area contributed by atoms with E-state index in [9.17, 15) is 0 Å². The molecule has 1 aliphatic heterocycles. The van der Waals surface area contributed by atoms with Gasteiger partial charge in [-0.05, 0) is 25.5 Å². The largest absolute Gasteiger partial charge is 0.490 e. The lowest BCUT2D eigenvalue weighted by Crippen LogP contribution is -3.14. The molecular weight excluding hydrogens is 250 g/mol. The van der Waals surface area contributed by atoms with Gasteiger partial charge in [-0.1, -0.05) is 26.0 Å². The highest BCUT2D eigenvalue weighted by Crippen LogP contribution is 2.26. The molecule has 3 heteroatoms. The molecule has 20 heavy (non-hydrogen) atoms. The summed E-state index contributed by atoms with van der Waals surface area (Å²) in [5, 5.41) is 0. The van der Waals surface area contributed by atoms with Crippen LogP contribution in [0.3, 0.4) is 0 Å². The topological polar surface area (TPSA) is 22.9 Å². The molecule has 2 rings (SSSR count). The average Bonchev–Trinajstić information content (AvgIpc) is 2.40. The first-order chi connectivity index (χ1) is 9.69. The van der Waals surface area contributed by atoms with E-state index < -0.39 is 0 Å². The third-order valence-corrected chi connectivity index (χ3v) is 3.94. The number of nitrogens with one attached hydrogen (secondary N) is 1. The molecule has 0 aliphatic carbocycles. The van der Waals surface area contributed by atoms with Crippen LogP contribution in [0.5, 0.6) is 11.5 Å². The van der Waals surface area contributed by atoms with Crippen molar-refractivity contribution in [3.05, 3.63) is 24.3 Å². The summed E-state index contributed by atoms with van der Waals surface area (Å²) in [7, 11) is 0. The molecule has 112 valence electrons. The molecule has 1 aliphatic rings. The van der Waals surface area contributed by atoms with Crippen LogP contribution < -0.4 is 14.4 Å². The maximum absolute atomic E-state index is 5.92. The Bertz CT molecular complexity index is 398. The Balaban J connectivity index is 1.81. The van der Waals surface area contributed by atoms with Gasteiger partial charge < -0.3 is 14.4 Å². The molecule has 0 aromatic heterocycles. The Labute approximate surface area is 122 Å². The zero-order valence-corrected chi connectivity index (χ0v) is 13.0. The van der Waals surface area contributed by atoms with E-state index in [2.05, 4.69) is 13.8 Å². The van der Waals surface area contributed by atoms with Gasteiger partial charge in [0, 0.05) is 11.8 Å². The number of quaternary nitrogens is 1. The van der Waals surface area contributed by atoms with Gasteiger partial charge in [0.15, 0.2) is 11.5 Å². The molecule has 1 aromatic carbocycles. The third kappa shape index (κ3) is 4.41. The lowest BCUT2D eigenvalue weighted by molar-refractivity contribution is -0.912. The Morgan fingerprint density at radius 3 is 2.25 bits per heavy atom. The highest BCUT2D eigenvalue weighted by atomic mass is 16.5. The molecule has 1 fully saturated rings. The maximum Gasteiger partial charge on any atom is 0.161 e. The Morgan fingerprint density at radius 2 is 1.65 bits per heavy atom. The van der Waals surface area contributed by atoms with Crippen LogP contribution in [0.15, 0.2) is 24.3 Å². The molecular formula is C17H28NO2+. The van der Waals surface area contributed by atoms with E-state index in [-0.39, 0.29) is 0 Å². The van der Waals surface area contributed by atoms with Crippen LogP contribution in [-0.4, -0.2) is 32.8 Å². The lowest BCUT2D eigenvalue weighted by Gasteiger charge is -2.31. The summed E-state index contributed by atoms with van der Waals surface area (Å²) >= 11 is 0. The fourth-order valence-corrected chi connectivity index (χ4v) is 3.28. The molecule has 0 unspecified atom stereocenters. The summed E-state index contributed by atoms with van der Waals surface area (Å²) in [6.45, 7) is 11.8. The number of para-hydroxylation sites is 2. The normalized spacial score (nSPS) is 26.2. The Kier molecular flexibility index (Phi) is 5.72. The fourth-order valence-electron chi connectivity index (χ4n) is 3.28. The van der Waals surface area contributed by atoms with Crippen molar-refractivity contribution >= 4 is 0 Å². The van der Waals surface area contributed by atoms with Crippen LogP contribution in [0.4, 0.5) is 0 Å². The van der Waals surface area contributed by atoms with E-state index >= 15 is 0 Å². The van der Waals surface area contributed by atoms with Gasteiger partial charge in [-0.2, -0.15) is 0 Å². The number of hydrogen-bond donors (Lipinski definition) is 1. The van der Waals surface area contributed by atoms with Gasteiger partial charge >= 0.3 is 0 Å². The number of ether oxygens (including phenoxy) is 2. The van der Waals surface area contributed by atoms with Crippen molar-refractivity contribution < 1.29 is 14.4 Å². The van der Waals surface area contributed by atoms with Gasteiger partial charge in [-0.3, -0.25) is 0 Å². The molecule has 1 heterocycles. The summed E-state index contributed by atoms with van der Waals surface area (Å²) < 4.78 is 11.5. The summed E-state index contributed by atoms with van der Waals surface area (Å²) in [5.74, 6) is 3.39. The maximum atomic E-state index is 5.92. The minimum Gasteiger partial charge on any atom is -0.490 e. The van der Waals surface area contributed by atoms with Crippen molar-refractivity contribution in [2.75, 3.05) is 32.8 Å². The number of piperidine rings is 1. The van der Waals surface area contributed by atoms with E-state index in [0.717, 1.165) is 36.5 Å². The van der Waals surface area contributed by atoms with Gasteiger partial charge in [0.1, 0.15) is 13.2 Å². The van der Waals surface area contributed by atoms with E-state index in [1.165, 1.54) is 19.5 Å². The first kappa shape index (κ1) is 15.2. The van der Waals surface area contributed by atoms with Crippen LogP contribution >= 0.6 is 0 Å². The van der Waals surface area contributed by atoms with Crippen molar-refractivity contribution in [3.63, 3.8) is 0 Å². The van der Waals surface area contributed by atoms with Gasteiger partial charge in [0.2, 0.25) is 0 Å². The molecule has 0 amide bonds. The zero-order valence-electron chi connectivity index (χ0n) is 13.0. The first-order valence-corrected chi connectivity index (χ1v) is 7.87. The minimum atomic E-state index is 0.673. The first-order valence-electron chi connectivity index (χ1n) is 7.87. The van der Waals surface area contributed by atoms with Gasteiger partial charge in [0.05, 0.1) is 19.7 Å². The molecule has 0 saturated carbocycles. The smallest absolute Gasteiger partial charge is 0.161 e. The van der Waals surface area contributed by atoms with Crippen LogP contribution in [0.1, 0.15) is 27.2 Å². The molecule has 1 N–H and O–H groups in total. The Hall–Kier alpha value is -1.22. The number of rotatable bonds is 6. The highest BCUT2D eigenvalue weighted by Gasteiger charge is 2.24. The fraction of sp³-hybridized carbons (Fsp3) is 0.647. The predicted octanol–water partition coefficient (Wildman–Crippen LogP) is 2.02. The molecule has 1 aromatic rings. The van der Waals surface area contributed by atoms with Crippen LogP contribution in [0.2, 0.25) is 0 Å². The molecule has 0 bridgehead atoms. The zero-order chi connectivity index (χ0) is 14.4. The molecule has 3 nitrogen and oxygen atoms in total. The van der Waals surface area contributed by atoms with Gasteiger partial charge in [-0.15, -0.1) is 0 Å². The summed E-state index contributed by atoms with van der Waals surface area (Å²) in [6.07, 6.45) is 1.37. The lowest BCUT2D eigenvalue weighted by atomic mass is 9.92. The molecule has 2 atom stereocenters. The summed E-state index contributed by atoms with van der Waals surface area (Å²) in [5.41, 5.74) is 0. The average molecular weight is 278 g/mol. The molecule has 0 radical (unpaired) electrons. The standard InChI is InChI=1S/C17H27NO2/c1-4-19-16-7-5-6-8-17(16)20-10-9-18-12-14(2)11-15(3)13-18/h5-8,14-15H,4,9-13H2,1-3H3/p+1/t14-,15-/m1/s1. The highest BCUT2D eigenvalue weighted by molar-refractivity contribution is 5.39. The number of likely N-dealkylation sites (tertiary alicyclic amines) is 1. The van der Waals surface area contributed by atoms with Crippen molar-refractivity contribution in [2.24, 2.45) is 11.8 Å². The van der Waals surface area contributed by atoms with E-state index in [4.69, 9.17) is 9.47 Å². The van der Waals surface area contributed by atoms with E-state index in [1.54, 1.807) is 4.90 Å². The van der Waals surface area contributed by atoms with Crippen molar-refractivity contribution in [1.82, 2.24) is 0 Å². The van der Waals surface area contributed by atoms with Crippen LogP contribution in [-0.2, 0) is 0 Å². The Morgan fingerprint density at radius 1 is 1.05 bits per heavy atom. The molecule has 1 saturated heterocycles. The van der Waals surface area contributed by atoms with Crippen molar-refractivity contribution in [3.8, 4) is 11.5 Å². The van der Waals surface area contributed by atoms with E-state index in [1.807, 2.05) is 31.2 Å². The van der Waals surface area contributed by atoms with Gasteiger partial charge in [-0.25, -0.2) is 0 Å². The number of hydrogen-bond acceptors (Lipinski definition) is 2. The van der Waals surface area contributed by atoms with Crippen molar-refractivity contribution in [2.45, 2.75) is 27.2 Å². The summed E-state index contributed by atoms with van der Waals surface area (Å²) in [4.78, 5) is 1.67. The number of benzene rings is 1. The van der Waals surface area contributed by atoms with Gasteiger partial charge in [0.25, 0.3) is 0 Å². The second-order valence-corrected chi connectivity index (χ2v) is 6.08. The summed E-state index contributed by atoms with van der Waals surface area (Å²) in [6, 6.07) is 7.94.